The lowest BCUT2D eigenvalue weighted by molar-refractivity contribution is 0.0652. The predicted octanol–water partition coefficient (Wildman–Crippen LogP) is 0.614. The van der Waals surface area contributed by atoms with Crippen molar-refractivity contribution in [1.82, 2.24) is 9.62 Å². The molecule has 7 heteroatoms. The average Bonchev–Trinajstić information content (AvgIpc) is 2.75. The first kappa shape index (κ1) is 16.2. The van der Waals surface area contributed by atoms with E-state index in [2.05, 4.69) is 10.6 Å². The zero-order chi connectivity index (χ0) is 16.3. The van der Waals surface area contributed by atoms with E-state index in [1.165, 1.54) is 6.92 Å². The molecule has 1 aromatic carbocycles. The molecule has 6 nitrogen and oxygen atoms in total. The fraction of sp³-hybridized carbons (Fsp3) is 0.333. The highest BCUT2D eigenvalue weighted by Crippen LogP contribution is 2.23. The number of nitrogens with zero attached hydrogens (tertiary/aromatic N) is 1. The average molecular weight is 320 g/mol. The molecule has 116 valence electrons. The number of rotatable bonds is 6. The van der Waals surface area contributed by atoms with Crippen LogP contribution >= 0.6 is 0 Å². The second-order valence-electron chi connectivity index (χ2n) is 4.98. The first-order chi connectivity index (χ1) is 10.4. The second kappa shape index (κ2) is 6.30. The zero-order valence-corrected chi connectivity index (χ0v) is 12.9. The number of carbonyl (C=O) groups is 2. The molecule has 1 aliphatic rings. The Hall–Kier alpha value is -2.17. The highest BCUT2D eigenvalue weighted by Gasteiger charge is 2.35. The number of terminal acetylenes is 1. The number of carbonyl (C=O) groups excluding carboxylic acids is 2. The van der Waals surface area contributed by atoms with E-state index in [9.17, 15) is 18.0 Å². The van der Waals surface area contributed by atoms with Crippen molar-refractivity contribution in [3.8, 4) is 12.3 Å². The molecule has 0 radical (unpaired) electrons. The molecule has 0 saturated heterocycles. The number of amides is 2. The van der Waals surface area contributed by atoms with Gasteiger partial charge in [-0.15, -0.1) is 6.42 Å². The number of hydrogen-bond donors (Lipinski definition) is 1. The standard InChI is InChI=1S/C15H16N2O4S/c1-3-9-16-22(20,21)11(2)8-10-17-14(18)12-6-4-5-7-13(12)15(17)19/h1,4-7,11,16H,8-10H2,2H3. The SMILES string of the molecule is C#CCNS(=O)(=O)C(C)CCN1C(=O)c2ccccc2C1=O. The minimum absolute atomic E-state index is 0.0461. The number of benzene rings is 1. The fourth-order valence-corrected chi connectivity index (χ4v) is 3.18. The van der Waals surface area contributed by atoms with Gasteiger partial charge in [0.25, 0.3) is 11.8 Å². The van der Waals surface area contributed by atoms with Crippen molar-refractivity contribution in [1.29, 1.82) is 0 Å². The lowest BCUT2D eigenvalue weighted by atomic mass is 10.1. The van der Waals surface area contributed by atoms with E-state index in [0.29, 0.717) is 11.1 Å². The zero-order valence-electron chi connectivity index (χ0n) is 12.1. The summed E-state index contributed by atoms with van der Waals surface area (Å²) in [5, 5.41) is -0.759. The van der Waals surface area contributed by atoms with Gasteiger partial charge in [0.1, 0.15) is 0 Å². The molecule has 0 saturated carbocycles. The van der Waals surface area contributed by atoms with Gasteiger partial charge < -0.3 is 0 Å². The summed E-state index contributed by atoms with van der Waals surface area (Å²) in [6, 6.07) is 6.54. The number of fused-ring (bicyclic) bond motifs is 1. The Balaban J connectivity index is 2.03. The molecule has 0 bridgehead atoms. The van der Waals surface area contributed by atoms with Crippen molar-refractivity contribution < 1.29 is 18.0 Å². The molecule has 0 fully saturated rings. The summed E-state index contributed by atoms with van der Waals surface area (Å²) < 4.78 is 26.0. The Kier molecular flexibility index (Phi) is 4.64. The minimum atomic E-state index is -3.56. The van der Waals surface area contributed by atoms with Gasteiger partial charge in [0.05, 0.1) is 22.9 Å². The van der Waals surface area contributed by atoms with E-state index in [1.807, 2.05) is 0 Å². The molecule has 22 heavy (non-hydrogen) atoms. The van der Waals surface area contributed by atoms with Crippen LogP contribution < -0.4 is 4.72 Å². The third kappa shape index (κ3) is 3.03. The van der Waals surface area contributed by atoms with E-state index in [4.69, 9.17) is 6.42 Å². The summed E-state index contributed by atoms with van der Waals surface area (Å²) in [5.74, 6) is 1.42. The summed E-state index contributed by atoms with van der Waals surface area (Å²) >= 11 is 0. The van der Waals surface area contributed by atoms with Crippen LogP contribution in [0.5, 0.6) is 0 Å². The highest BCUT2D eigenvalue weighted by atomic mass is 32.2. The second-order valence-corrected chi connectivity index (χ2v) is 7.16. The van der Waals surface area contributed by atoms with Gasteiger partial charge >= 0.3 is 0 Å². The third-order valence-electron chi connectivity index (χ3n) is 3.54. The lowest BCUT2D eigenvalue weighted by Crippen LogP contribution is -2.37. The van der Waals surface area contributed by atoms with Crippen LogP contribution in [-0.2, 0) is 10.0 Å². The van der Waals surface area contributed by atoms with Crippen LogP contribution in [0.2, 0.25) is 0 Å². The Morgan fingerprint density at radius 2 is 1.77 bits per heavy atom. The van der Waals surface area contributed by atoms with Gasteiger partial charge in [-0.3, -0.25) is 14.5 Å². The maximum atomic E-state index is 12.2. The van der Waals surface area contributed by atoms with E-state index < -0.39 is 15.3 Å². The van der Waals surface area contributed by atoms with Gasteiger partial charge in [-0.05, 0) is 25.5 Å². The quantitative estimate of drug-likeness (QED) is 0.615. The van der Waals surface area contributed by atoms with Crippen LogP contribution in [0.1, 0.15) is 34.1 Å². The van der Waals surface area contributed by atoms with Crippen molar-refractivity contribution >= 4 is 21.8 Å². The number of imide groups is 1. The summed E-state index contributed by atoms with van der Waals surface area (Å²) in [6.45, 7) is 1.47. The maximum absolute atomic E-state index is 12.2. The smallest absolute Gasteiger partial charge is 0.261 e. The van der Waals surface area contributed by atoms with Crippen LogP contribution in [-0.4, -0.2) is 43.5 Å². The minimum Gasteiger partial charge on any atom is -0.274 e. The summed E-state index contributed by atoms with van der Waals surface area (Å²) in [4.78, 5) is 25.4. The topological polar surface area (TPSA) is 83.6 Å². The Morgan fingerprint density at radius 1 is 1.23 bits per heavy atom. The molecule has 2 rings (SSSR count). The Bertz CT molecular complexity index is 714. The number of hydrogen-bond acceptors (Lipinski definition) is 4. The van der Waals surface area contributed by atoms with Gasteiger partial charge in [0, 0.05) is 6.54 Å². The number of sulfonamides is 1. The van der Waals surface area contributed by atoms with Crippen molar-refractivity contribution in [3.63, 3.8) is 0 Å². The molecule has 1 atom stereocenters. The summed E-state index contributed by atoms with van der Waals surface area (Å²) in [5.41, 5.74) is 0.710. The molecule has 1 heterocycles. The molecule has 1 N–H and O–H groups in total. The predicted molar refractivity (Wildman–Crippen MR) is 81.6 cm³/mol. The van der Waals surface area contributed by atoms with Crippen LogP contribution in [0.25, 0.3) is 0 Å². The third-order valence-corrected chi connectivity index (χ3v) is 5.38. The van der Waals surface area contributed by atoms with E-state index in [0.717, 1.165) is 4.90 Å². The van der Waals surface area contributed by atoms with Gasteiger partial charge in [0.2, 0.25) is 10.0 Å². The molecular weight excluding hydrogens is 304 g/mol. The van der Waals surface area contributed by atoms with Gasteiger partial charge in [-0.2, -0.15) is 0 Å². The first-order valence-corrected chi connectivity index (χ1v) is 8.30. The molecule has 0 aliphatic carbocycles. The highest BCUT2D eigenvalue weighted by molar-refractivity contribution is 7.90. The molecule has 0 aromatic heterocycles. The first-order valence-electron chi connectivity index (χ1n) is 6.75. The van der Waals surface area contributed by atoms with Crippen molar-refractivity contribution in [2.45, 2.75) is 18.6 Å². The molecule has 1 unspecified atom stereocenters. The Labute approximate surface area is 129 Å². The van der Waals surface area contributed by atoms with Gasteiger partial charge in [-0.25, -0.2) is 13.1 Å². The van der Waals surface area contributed by atoms with Crippen molar-refractivity contribution in [3.05, 3.63) is 35.4 Å². The molecule has 2 amide bonds. The van der Waals surface area contributed by atoms with Crippen LogP contribution in [0, 0.1) is 12.3 Å². The lowest BCUT2D eigenvalue weighted by Gasteiger charge is -2.17. The molecule has 1 aromatic rings. The Morgan fingerprint density at radius 3 is 2.27 bits per heavy atom. The fourth-order valence-electron chi connectivity index (χ4n) is 2.19. The van der Waals surface area contributed by atoms with E-state index >= 15 is 0 Å². The van der Waals surface area contributed by atoms with Crippen molar-refractivity contribution in [2.24, 2.45) is 0 Å². The number of nitrogens with one attached hydrogen (secondary N) is 1. The molecular formula is C15H16N2O4S. The normalized spacial score (nSPS) is 15.5. The van der Waals surface area contributed by atoms with Crippen LogP contribution in [0.15, 0.2) is 24.3 Å². The van der Waals surface area contributed by atoms with Gasteiger partial charge in [0.15, 0.2) is 0 Å². The van der Waals surface area contributed by atoms with Gasteiger partial charge in [-0.1, -0.05) is 18.1 Å². The summed E-state index contributed by atoms with van der Waals surface area (Å²) in [6.07, 6.45) is 5.16. The molecule has 0 spiro atoms. The van der Waals surface area contributed by atoms with Crippen LogP contribution in [0.3, 0.4) is 0 Å². The van der Waals surface area contributed by atoms with Crippen molar-refractivity contribution in [2.75, 3.05) is 13.1 Å². The summed E-state index contributed by atoms with van der Waals surface area (Å²) in [7, 11) is -3.56. The van der Waals surface area contributed by atoms with Crippen LogP contribution in [0.4, 0.5) is 0 Å². The van der Waals surface area contributed by atoms with E-state index in [1.54, 1.807) is 24.3 Å². The maximum Gasteiger partial charge on any atom is 0.261 e. The monoisotopic (exact) mass is 320 g/mol. The molecule has 1 aliphatic heterocycles. The van der Waals surface area contributed by atoms with E-state index in [-0.39, 0.29) is 31.3 Å². The largest absolute Gasteiger partial charge is 0.274 e.